The smallest absolute Gasteiger partial charge is 0.362 e. The average molecular weight is 220 g/mol. The Labute approximate surface area is 79.0 Å². The van der Waals surface area contributed by atoms with Crippen molar-refractivity contribution in [3.8, 4) is 0 Å². The van der Waals surface area contributed by atoms with Gasteiger partial charge in [-0.25, -0.2) is 0 Å². The van der Waals surface area contributed by atoms with Crippen molar-refractivity contribution in [3.05, 3.63) is 0 Å². The Morgan fingerprint density at radius 2 is 1.42 bits per heavy atom. The Kier molecular flexibility index (Phi) is 3.68. The van der Waals surface area contributed by atoms with Crippen LogP contribution in [0.2, 0.25) is 25.2 Å². The normalized spacial score (nSPS) is 26.0. The van der Waals surface area contributed by atoms with Crippen LogP contribution in [0.1, 0.15) is 13.8 Å². The van der Waals surface area contributed by atoms with Gasteiger partial charge in [-0.05, 0) is 25.2 Å². The largest absolute Gasteiger partial charge is 0.415 e. The van der Waals surface area contributed by atoms with Gasteiger partial charge in [0.2, 0.25) is 0 Å². The summed E-state index contributed by atoms with van der Waals surface area (Å²) in [4.78, 5) is 0. The van der Waals surface area contributed by atoms with E-state index in [0.29, 0.717) is 0 Å². The summed E-state index contributed by atoms with van der Waals surface area (Å²) in [5.41, 5.74) is 0. The lowest BCUT2D eigenvalue weighted by Gasteiger charge is -2.38. The van der Waals surface area contributed by atoms with E-state index in [2.05, 4.69) is 26.9 Å². The molecule has 0 spiro atoms. The Bertz CT molecular complexity index is 139. The Morgan fingerprint density at radius 1 is 1.00 bits per heavy atom. The van der Waals surface area contributed by atoms with Crippen LogP contribution in [0, 0.1) is 0 Å². The second-order valence-corrected chi connectivity index (χ2v) is 10.6. The highest BCUT2D eigenvalue weighted by molar-refractivity contribution is 6.82. The van der Waals surface area contributed by atoms with E-state index in [0.717, 1.165) is 12.1 Å². The van der Waals surface area contributed by atoms with Gasteiger partial charge in [0, 0.05) is 0 Å². The minimum absolute atomic E-state index is 0.990. The van der Waals surface area contributed by atoms with Gasteiger partial charge in [0.15, 0.2) is 0 Å². The molecule has 0 aromatic carbocycles. The summed E-state index contributed by atoms with van der Waals surface area (Å²) >= 11 is 0. The van der Waals surface area contributed by atoms with E-state index >= 15 is 0 Å². The summed E-state index contributed by atoms with van der Waals surface area (Å²) in [6, 6.07) is 2.10. The predicted octanol–water partition coefficient (Wildman–Crippen LogP) is 1.77. The third-order valence-electron chi connectivity index (χ3n) is 2.02. The predicted molar refractivity (Wildman–Crippen MR) is 53.2 cm³/mol. The summed E-state index contributed by atoms with van der Waals surface area (Å²) < 4.78 is 17.3. The standard InChI is InChI=1S/C6H16O3Si3/c1-5-12(6-2)8-10(3)7-11(4)9-12/h5-6H2,1-4H3. The van der Waals surface area contributed by atoms with Crippen LogP contribution in [0.3, 0.4) is 0 Å². The molecule has 0 bridgehead atoms. The average Bonchev–Trinajstić information content (AvgIpc) is 2.02. The fourth-order valence-electron chi connectivity index (χ4n) is 1.33. The van der Waals surface area contributed by atoms with Gasteiger partial charge in [0.1, 0.15) is 0 Å². The van der Waals surface area contributed by atoms with E-state index in [9.17, 15) is 0 Å². The van der Waals surface area contributed by atoms with Crippen LogP contribution in [0.5, 0.6) is 0 Å². The van der Waals surface area contributed by atoms with E-state index in [4.69, 9.17) is 12.3 Å². The third-order valence-corrected chi connectivity index (χ3v) is 11.8. The van der Waals surface area contributed by atoms with Gasteiger partial charge < -0.3 is 12.3 Å². The number of hydrogen-bond acceptors (Lipinski definition) is 3. The number of hydrogen-bond donors (Lipinski definition) is 0. The third kappa shape index (κ3) is 2.27. The topological polar surface area (TPSA) is 27.7 Å². The summed E-state index contributed by atoms with van der Waals surface area (Å²) in [5.74, 6) is 0. The van der Waals surface area contributed by atoms with Crippen LogP contribution in [0.25, 0.3) is 0 Å². The molecule has 1 saturated heterocycles. The molecule has 12 heavy (non-hydrogen) atoms. The fourth-order valence-corrected chi connectivity index (χ4v) is 11.6. The van der Waals surface area contributed by atoms with Crippen LogP contribution in [-0.2, 0) is 12.3 Å². The summed E-state index contributed by atoms with van der Waals surface area (Å²) in [5, 5.41) is 0. The van der Waals surface area contributed by atoms with Crippen LogP contribution in [0.15, 0.2) is 0 Å². The molecule has 1 aliphatic rings. The quantitative estimate of drug-likeness (QED) is 0.664. The zero-order chi connectivity index (χ0) is 9.19. The van der Waals surface area contributed by atoms with Crippen LogP contribution < -0.4 is 0 Å². The van der Waals surface area contributed by atoms with Gasteiger partial charge >= 0.3 is 27.1 Å². The molecule has 0 aromatic rings. The minimum atomic E-state index is -1.79. The highest BCUT2D eigenvalue weighted by atomic mass is 28.5. The van der Waals surface area contributed by atoms with Gasteiger partial charge in [-0.1, -0.05) is 13.8 Å². The van der Waals surface area contributed by atoms with Crippen molar-refractivity contribution in [2.24, 2.45) is 0 Å². The zero-order valence-corrected chi connectivity index (χ0v) is 11.1. The molecule has 1 aliphatic heterocycles. The molecular weight excluding hydrogens is 204 g/mol. The van der Waals surface area contributed by atoms with Crippen molar-refractivity contribution < 1.29 is 12.3 Å². The molecule has 2 radical (unpaired) electrons. The van der Waals surface area contributed by atoms with E-state index in [1.54, 1.807) is 0 Å². The van der Waals surface area contributed by atoms with Crippen molar-refractivity contribution in [2.45, 2.75) is 39.0 Å². The second kappa shape index (κ2) is 4.16. The molecule has 1 fully saturated rings. The Morgan fingerprint density at radius 3 is 1.75 bits per heavy atom. The van der Waals surface area contributed by atoms with Crippen LogP contribution >= 0.6 is 0 Å². The van der Waals surface area contributed by atoms with Crippen LogP contribution in [0.4, 0.5) is 0 Å². The molecule has 0 amide bonds. The minimum Gasteiger partial charge on any atom is -0.415 e. The molecule has 0 N–H and O–H groups in total. The van der Waals surface area contributed by atoms with Gasteiger partial charge in [0.25, 0.3) is 0 Å². The van der Waals surface area contributed by atoms with Gasteiger partial charge in [0.05, 0.1) is 0 Å². The molecule has 0 atom stereocenters. The Balaban J connectivity index is 2.62. The summed E-state index contributed by atoms with van der Waals surface area (Å²) in [6.45, 7) is 8.44. The maximum Gasteiger partial charge on any atom is 0.362 e. The maximum atomic E-state index is 5.86. The van der Waals surface area contributed by atoms with Gasteiger partial charge in [-0.2, -0.15) is 0 Å². The lowest BCUT2D eigenvalue weighted by Crippen LogP contribution is -2.55. The molecule has 0 saturated carbocycles. The van der Waals surface area contributed by atoms with E-state index in [1.165, 1.54) is 0 Å². The highest BCUT2D eigenvalue weighted by Crippen LogP contribution is 2.24. The molecule has 0 aliphatic carbocycles. The molecular formula is C6H16O3Si3. The van der Waals surface area contributed by atoms with Gasteiger partial charge in [-0.3, -0.25) is 0 Å². The molecule has 3 nitrogen and oxygen atoms in total. The van der Waals surface area contributed by atoms with E-state index < -0.39 is 27.1 Å². The molecule has 1 rings (SSSR count). The SMILES string of the molecule is CC[Si]1(CC)O[Si](C)O[Si](C)O1. The lowest BCUT2D eigenvalue weighted by molar-refractivity contribution is 0.264. The van der Waals surface area contributed by atoms with Crippen molar-refractivity contribution in [1.82, 2.24) is 0 Å². The van der Waals surface area contributed by atoms with Gasteiger partial charge in [-0.15, -0.1) is 0 Å². The van der Waals surface area contributed by atoms with Crippen molar-refractivity contribution in [2.75, 3.05) is 0 Å². The monoisotopic (exact) mass is 220 g/mol. The first-order chi connectivity index (χ1) is 5.62. The van der Waals surface area contributed by atoms with E-state index in [1.807, 2.05) is 0 Å². The maximum absolute atomic E-state index is 5.86. The van der Waals surface area contributed by atoms with Crippen LogP contribution in [-0.4, -0.2) is 27.1 Å². The van der Waals surface area contributed by atoms with Crippen molar-refractivity contribution in [3.63, 3.8) is 0 Å². The summed E-state index contributed by atoms with van der Waals surface area (Å²) in [7, 11) is -3.77. The highest BCUT2D eigenvalue weighted by Gasteiger charge is 2.43. The number of rotatable bonds is 2. The first-order valence-electron chi connectivity index (χ1n) is 4.35. The van der Waals surface area contributed by atoms with E-state index in [-0.39, 0.29) is 0 Å². The molecule has 1 heterocycles. The molecule has 70 valence electrons. The molecule has 0 aromatic heterocycles. The zero-order valence-electron chi connectivity index (χ0n) is 8.14. The summed E-state index contributed by atoms with van der Waals surface area (Å²) in [6.07, 6.45) is 0. The Hall–Kier alpha value is 0.531. The molecule has 0 unspecified atom stereocenters. The fraction of sp³-hybridized carbons (Fsp3) is 1.00. The molecule has 6 heteroatoms. The first kappa shape index (κ1) is 10.6. The first-order valence-corrected chi connectivity index (χ1v) is 10.2. The lowest BCUT2D eigenvalue weighted by atomic mass is 10.9. The second-order valence-electron chi connectivity index (χ2n) is 2.91. The van der Waals surface area contributed by atoms with Crippen molar-refractivity contribution >= 4 is 27.1 Å². The van der Waals surface area contributed by atoms with Crippen molar-refractivity contribution in [1.29, 1.82) is 0 Å².